The van der Waals surface area contributed by atoms with Gasteiger partial charge in [-0.15, -0.1) is 0 Å². The van der Waals surface area contributed by atoms with Crippen molar-refractivity contribution in [3.63, 3.8) is 0 Å². The standard InChI is InChI=1S/C45H50N2O11/c1-27(48)56-44-40(55-6)25-31-14-18-47(3,20-16-42(51)52)35-22-29-9-12-36(53-4)38(23-29)57-32-10-7-28(8-11-32)21-34-33-26-39(58-45(44)43(31)35)37(54-5)24-30(33)13-17-46(34,2)19-15-41(49)50/h7-12,23-26,34-35H,13-22H2,1-6H3. The number of hydrogen-bond acceptors (Lipinski definition) is 11. The molecule has 4 heterocycles. The summed E-state index contributed by atoms with van der Waals surface area (Å²) in [5.74, 6) is 0.291. The first-order valence-electron chi connectivity index (χ1n) is 19.6. The first-order valence-corrected chi connectivity index (χ1v) is 19.6. The van der Waals surface area contributed by atoms with Gasteiger partial charge in [0.15, 0.2) is 34.5 Å². The Labute approximate surface area is 338 Å². The number of likely N-dealkylation sites (N-methyl/N-ethyl adjacent to an activating group) is 2. The third-order valence-electron chi connectivity index (χ3n) is 12.3. The van der Waals surface area contributed by atoms with Crippen molar-refractivity contribution >= 4 is 17.9 Å². The maximum absolute atomic E-state index is 12.8. The number of benzene rings is 4. The highest BCUT2D eigenvalue weighted by molar-refractivity contribution is 5.74. The van der Waals surface area contributed by atoms with Gasteiger partial charge in [-0.05, 0) is 64.7 Å². The molecule has 0 aromatic heterocycles. The van der Waals surface area contributed by atoms with Gasteiger partial charge in [-0.25, -0.2) is 0 Å². The topological polar surface area (TPSA) is 153 Å². The first-order chi connectivity index (χ1) is 27.7. The van der Waals surface area contributed by atoms with E-state index in [2.05, 4.69) is 7.05 Å². The molecule has 4 aromatic rings. The van der Waals surface area contributed by atoms with Gasteiger partial charge < -0.3 is 57.2 Å². The summed E-state index contributed by atoms with van der Waals surface area (Å²) in [6.07, 6.45) is 1.93. The van der Waals surface area contributed by atoms with E-state index in [-0.39, 0.29) is 36.9 Å². The zero-order chi connectivity index (χ0) is 41.4. The van der Waals surface area contributed by atoms with Crippen molar-refractivity contribution in [3.05, 3.63) is 94.0 Å². The van der Waals surface area contributed by atoms with Crippen molar-refractivity contribution in [2.45, 2.75) is 57.5 Å². The Morgan fingerprint density at radius 3 is 1.88 bits per heavy atom. The molecule has 4 atom stereocenters. The second-order valence-electron chi connectivity index (χ2n) is 16.0. The molecule has 0 N–H and O–H groups in total. The Morgan fingerprint density at radius 2 is 1.26 bits per heavy atom. The molecule has 13 nitrogen and oxygen atoms in total. The second-order valence-corrected chi connectivity index (χ2v) is 16.0. The van der Waals surface area contributed by atoms with Gasteiger partial charge in [0, 0.05) is 63.0 Å². The van der Waals surface area contributed by atoms with Gasteiger partial charge in [0.2, 0.25) is 5.75 Å². The monoisotopic (exact) mass is 794 g/mol. The highest BCUT2D eigenvalue weighted by Crippen LogP contribution is 2.54. The van der Waals surface area contributed by atoms with Crippen molar-refractivity contribution in [1.29, 1.82) is 0 Å². The lowest BCUT2D eigenvalue weighted by Crippen LogP contribution is -2.53. The van der Waals surface area contributed by atoms with Crippen molar-refractivity contribution in [2.24, 2.45) is 0 Å². The van der Waals surface area contributed by atoms with Gasteiger partial charge in [0.25, 0.3) is 0 Å². The smallest absolute Gasteiger partial charge is 0.308 e. The lowest BCUT2D eigenvalue weighted by Gasteiger charge is -2.47. The van der Waals surface area contributed by atoms with Crippen molar-refractivity contribution in [2.75, 3.05) is 61.6 Å². The molecular weight excluding hydrogens is 744 g/mol. The van der Waals surface area contributed by atoms with Crippen LogP contribution in [0.4, 0.5) is 0 Å². The van der Waals surface area contributed by atoms with E-state index in [0.29, 0.717) is 88.8 Å². The summed E-state index contributed by atoms with van der Waals surface area (Å²) in [4.78, 5) is 36.7. The summed E-state index contributed by atoms with van der Waals surface area (Å²) in [5.41, 5.74) is 5.58. The van der Waals surface area contributed by atoms with Crippen LogP contribution < -0.4 is 38.6 Å². The molecule has 6 bridgehead atoms. The van der Waals surface area contributed by atoms with Gasteiger partial charge in [-0.2, -0.15) is 0 Å². The average molecular weight is 795 g/mol. The molecule has 0 spiro atoms. The third-order valence-corrected chi connectivity index (χ3v) is 12.3. The minimum Gasteiger partial charge on any atom is -0.550 e. The fourth-order valence-electron chi connectivity index (χ4n) is 9.03. The summed E-state index contributed by atoms with van der Waals surface area (Å²) in [6, 6.07) is 18.8. The van der Waals surface area contributed by atoms with Crippen molar-refractivity contribution in [1.82, 2.24) is 0 Å². The van der Waals surface area contributed by atoms with Crippen LogP contribution in [0.2, 0.25) is 0 Å². The zero-order valence-electron chi connectivity index (χ0n) is 33.9. The SMILES string of the molecule is COc1ccc2cc1Oc1ccc(cc1)CC1c3cc(c(OC)cc3CC[N+]1(C)CCC(=O)[O-])Oc1c(OC(C)=O)c(OC)cc3c1C(C2)[N+](C)(CCC(=O)[O-])CC3. The quantitative estimate of drug-likeness (QED) is 0.128. The first kappa shape index (κ1) is 40.4. The van der Waals surface area contributed by atoms with Crippen LogP contribution in [0.1, 0.15) is 65.2 Å². The Kier molecular flexibility index (Phi) is 11.3. The van der Waals surface area contributed by atoms with Crippen LogP contribution in [0.25, 0.3) is 0 Å². The fraction of sp³-hybridized carbons (Fsp3) is 0.400. The summed E-state index contributed by atoms with van der Waals surface area (Å²) in [7, 11) is 8.77. The number of esters is 1. The highest BCUT2D eigenvalue weighted by Gasteiger charge is 2.45. The van der Waals surface area contributed by atoms with Gasteiger partial charge in [0.05, 0.1) is 67.2 Å². The maximum Gasteiger partial charge on any atom is 0.308 e. The van der Waals surface area contributed by atoms with E-state index < -0.39 is 23.9 Å². The van der Waals surface area contributed by atoms with Crippen LogP contribution in [-0.2, 0) is 40.1 Å². The van der Waals surface area contributed by atoms with Crippen molar-refractivity contribution < 1.29 is 62.0 Å². The van der Waals surface area contributed by atoms with E-state index in [1.807, 2.05) is 67.7 Å². The molecule has 306 valence electrons. The van der Waals surface area contributed by atoms with E-state index in [0.717, 1.165) is 33.4 Å². The number of carbonyl (C=O) groups excluding carboxylic acids is 3. The van der Waals surface area contributed by atoms with Crippen LogP contribution in [0.15, 0.2) is 60.7 Å². The summed E-state index contributed by atoms with van der Waals surface area (Å²) < 4.78 is 37.9. The molecule has 13 heteroatoms. The molecule has 4 unspecified atom stereocenters. The molecule has 0 radical (unpaired) electrons. The summed E-state index contributed by atoms with van der Waals surface area (Å²) in [5, 5.41) is 23.8. The molecule has 0 aliphatic carbocycles. The molecule has 0 amide bonds. The average Bonchev–Trinajstić information content (AvgIpc) is 3.19. The largest absolute Gasteiger partial charge is 0.550 e. The molecule has 0 fully saturated rings. The number of fused-ring (bicyclic) bond motifs is 2. The van der Waals surface area contributed by atoms with Crippen LogP contribution in [0.5, 0.6) is 46.0 Å². The normalized spacial score (nSPS) is 21.9. The molecule has 8 rings (SSSR count). The molecular formula is C45H50N2O11. The van der Waals surface area contributed by atoms with Crippen LogP contribution >= 0.6 is 0 Å². The number of hydrogen-bond donors (Lipinski definition) is 0. The number of carboxylic acids is 2. The van der Waals surface area contributed by atoms with E-state index in [9.17, 15) is 24.6 Å². The minimum atomic E-state index is -1.15. The third kappa shape index (κ3) is 8.01. The lowest BCUT2D eigenvalue weighted by atomic mass is 9.84. The maximum atomic E-state index is 12.8. The van der Waals surface area contributed by atoms with Crippen LogP contribution in [-0.4, -0.2) is 88.5 Å². The van der Waals surface area contributed by atoms with E-state index >= 15 is 0 Å². The number of nitrogens with zero attached hydrogens (tertiary/aromatic N) is 2. The fourth-order valence-corrected chi connectivity index (χ4v) is 9.03. The second kappa shape index (κ2) is 16.2. The number of aliphatic carboxylic acids is 2. The number of quaternary nitrogens is 2. The van der Waals surface area contributed by atoms with Gasteiger partial charge in [-0.1, -0.05) is 18.2 Å². The zero-order valence-corrected chi connectivity index (χ0v) is 33.9. The van der Waals surface area contributed by atoms with Gasteiger partial charge in [0.1, 0.15) is 17.8 Å². The molecule has 4 aromatic carbocycles. The predicted molar refractivity (Wildman–Crippen MR) is 208 cm³/mol. The lowest BCUT2D eigenvalue weighted by molar-refractivity contribution is -0.941. The number of ether oxygens (including phenoxy) is 6. The molecule has 0 saturated carbocycles. The van der Waals surface area contributed by atoms with Crippen LogP contribution in [0, 0.1) is 0 Å². The highest BCUT2D eigenvalue weighted by atomic mass is 16.6. The van der Waals surface area contributed by atoms with E-state index in [1.165, 1.54) is 14.0 Å². The van der Waals surface area contributed by atoms with Crippen LogP contribution in [0.3, 0.4) is 0 Å². The molecule has 4 aliphatic heterocycles. The molecule has 4 aliphatic rings. The molecule has 0 saturated heterocycles. The predicted octanol–water partition coefficient (Wildman–Crippen LogP) is 4.39. The Balaban J connectivity index is 1.52. The van der Waals surface area contributed by atoms with Gasteiger partial charge >= 0.3 is 5.97 Å². The van der Waals surface area contributed by atoms with Crippen molar-refractivity contribution in [3.8, 4) is 46.0 Å². The van der Waals surface area contributed by atoms with E-state index in [1.54, 1.807) is 14.2 Å². The minimum absolute atomic E-state index is 0.0886. The summed E-state index contributed by atoms with van der Waals surface area (Å²) in [6.45, 7) is 3.22. The summed E-state index contributed by atoms with van der Waals surface area (Å²) >= 11 is 0. The number of rotatable bonds is 10. The Bertz CT molecular complexity index is 2240. The van der Waals surface area contributed by atoms with Gasteiger partial charge in [-0.3, -0.25) is 4.79 Å². The van der Waals surface area contributed by atoms with E-state index in [4.69, 9.17) is 28.4 Å². The Morgan fingerprint density at radius 1 is 0.690 bits per heavy atom. The Hall–Kier alpha value is -5.79. The number of methoxy groups -OCH3 is 3. The number of carbonyl (C=O) groups is 3. The molecule has 58 heavy (non-hydrogen) atoms. The number of carboxylic acid groups (broad SMARTS) is 2.